The molecule has 2 saturated carbocycles. The van der Waals surface area contributed by atoms with Crippen molar-refractivity contribution in [3.63, 3.8) is 0 Å². The molecule has 2 aliphatic rings. The molecule has 1 atom stereocenters. The number of hydrogen-bond acceptors (Lipinski definition) is 2. The molecule has 0 aromatic carbocycles. The molecule has 0 spiro atoms. The van der Waals surface area contributed by atoms with E-state index in [1.54, 1.807) is 0 Å². The van der Waals surface area contributed by atoms with Crippen LogP contribution >= 0.6 is 0 Å². The molecule has 2 aliphatic carbocycles. The predicted octanol–water partition coefficient (Wildman–Crippen LogP) is 3.89. The average Bonchev–Trinajstić information content (AvgIpc) is 2.56. The van der Waals surface area contributed by atoms with E-state index in [1.807, 2.05) is 0 Å². The van der Waals surface area contributed by atoms with Crippen LogP contribution in [0.1, 0.15) is 66.2 Å². The smallest absolute Gasteiger partial charge is 0.142 e. The van der Waals surface area contributed by atoms with E-state index in [4.69, 9.17) is 0 Å². The molecular weight excluding hydrogens is 234 g/mol. The molecule has 0 saturated heterocycles. The Morgan fingerprint density at radius 3 is 2.11 bits per heavy atom. The highest BCUT2D eigenvalue weighted by molar-refractivity contribution is 5.88. The zero-order chi connectivity index (χ0) is 14.3. The van der Waals surface area contributed by atoms with E-state index in [9.17, 15) is 4.79 Å². The van der Waals surface area contributed by atoms with Gasteiger partial charge in [0.1, 0.15) is 5.78 Å². The summed E-state index contributed by atoms with van der Waals surface area (Å²) >= 11 is 0. The molecule has 0 bridgehead atoms. The van der Waals surface area contributed by atoms with Gasteiger partial charge in [0.05, 0.1) is 0 Å². The van der Waals surface area contributed by atoms with Crippen LogP contribution < -0.4 is 0 Å². The highest BCUT2D eigenvalue weighted by Gasteiger charge is 2.41. The maximum atomic E-state index is 12.3. The monoisotopic (exact) mass is 265 g/mol. The topological polar surface area (TPSA) is 20.3 Å². The second kappa shape index (κ2) is 5.20. The predicted molar refractivity (Wildman–Crippen MR) is 80.2 cm³/mol. The molecule has 0 aliphatic heterocycles. The maximum Gasteiger partial charge on any atom is 0.142 e. The molecular formula is C17H31NO. The van der Waals surface area contributed by atoms with Gasteiger partial charge in [0.15, 0.2) is 0 Å². The Morgan fingerprint density at radius 2 is 1.63 bits per heavy atom. The summed E-state index contributed by atoms with van der Waals surface area (Å²) in [4.78, 5) is 14.8. The van der Waals surface area contributed by atoms with Crippen molar-refractivity contribution < 1.29 is 4.79 Å². The Hall–Kier alpha value is -0.370. The number of carbonyl (C=O) groups is 1. The fourth-order valence-corrected chi connectivity index (χ4v) is 3.84. The lowest BCUT2D eigenvalue weighted by molar-refractivity contribution is -0.128. The van der Waals surface area contributed by atoms with E-state index < -0.39 is 0 Å². The third-order valence-corrected chi connectivity index (χ3v) is 5.60. The van der Waals surface area contributed by atoms with Crippen LogP contribution in [0.3, 0.4) is 0 Å². The van der Waals surface area contributed by atoms with Crippen molar-refractivity contribution in [3.05, 3.63) is 0 Å². The van der Waals surface area contributed by atoms with Gasteiger partial charge in [-0.2, -0.15) is 0 Å². The number of hydrogen-bond donors (Lipinski definition) is 0. The molecule has 2 heteroatoms. The van der Waals surface area contributed by atoms with Crippen molar-refractivity contribution in [1.29, 1.82) is 0 Å². The van der Waals surface area contributed by atoms with Gasteiger partial charge in [-0.1, -0.05) is 27.7 Å². The van der Waals surface area contributed by atoms with Gasteiger partial charge >= 0.3 is 0 Å². The Morgan fingerprint density at radius 1 is 1.05 bits per heavy atom. The lowest BCUT2D eigenvalue weighted by Crippen LogP contribution is -2.41. The fraction of sp³-hybridized carbons (Fsp3) is 0.941. The largest absolute Gasteiger partial charge is 0.303 e. The second-order valence-electron chi connectivity index (χ2n) is 8.32. The summed E-state index contributed by atoms with van der Waals surface area (Å²) in [5, 5.41) is 0. The fourth-order valence-electron chi connectivity index (χ4n) is 3.84. The molecule has 2 fully saturated rings. The first-order valence-corrected chi connectivity index (χ1v) is 7.96. The van der Waals surface area contributed by atoms with E-state index in [2.05, 4.69) is 39.6 Å². The Bertz CT molecular complexity index is 335. The van der Waals surface area contributed by atoms with Crippen LogP contribution in [0.5, 0.6) is 0 Å². The van der Waals surface area contributed by atoms with E-state index in [-0.39, 0.29) is 11.3 Å². The van der Waals surface area contributed by atoms with Gasteiger partial charge in [-0.3, -0.25) is 4.79 Å². The highest BCUT2D eigenvalue weighted by Crippen LogP contribution is 2.40. The quantitative estimate of drug-likeness (QED) is 0.771. The summed E-state index contributed by atoms with van der Waals surface area (Å²) in [6, 6.07) is 0.699. The summed E-state index contributed by atoms with van der Waals surface area (Å²) in [5.74, 6) is 0.783. The standard InChI is InChI=1S/C17H31NO/c1-16(2)9-7-14(8-10-16)18(5)12-13-6-11-17(3,4)15(13)19/h13-14H,6-12H2,1-5H3. The molecule has 110 valence electrons. The molecule has 0 heterocycles. The number of carbonyl (C=O) groups excluding carboxylic acids is 1. The second-order valence-corrected chi connectivity index (χ2v) is 8.32. The third kappa shape index (κ3) is 3.39. The Balaban J connectivity index is 1.86. The van der Waals surface area contributed by atoms with Gasteiger partial charge in [-0.25, -0.2) is 0 Å². The van der Waals surface area contributed by atoms with Crippen LogP contribution in [0.15, 0.2) is 0 Å². The van der Waals surface area contributed by atoms with Gasteiger partial charge in [0.25, 0.3) is 0 Å². The van der Waals surface area contributed by atoms with Crippen molar-refractivity contribution in [1.82, 2.24) is 4.90 Å². The maximum absolute atomic E-state index is 12.3. The van der Waals surface area contributed by atoms with Crippen LogP contribution in [0.2, 0.25) is 0 Å². The third-order valence-electron chi connectivity index (χ3n) is 5.60. The summed E-state index contributed by atoms with van der Waals surface area (Å²) < 4.78 is 0. The zero-order valence-corrected chi connectivity index (χ0v) is 13.5. The lowest BCUT2D eigenvalue weighted by Gasteiger charge is -2.39. The summed E-state index contributed by atoms with van der Waals surface area (Å²) in [6.45, 7) is 9.96. The first-order chi connectivity index (χ1) is 8.71. The summed E-state index contributed by atoms with van der Waals surface area (Å²) in [6.07, 6.45) is 7.41. The molecule has 0 N–H and O–H groups in total. The minimum absolute atomic E-state index is 0.0694. The van der Waals surface area contributed by atoms with Crippen molar-refractivity contribution in [2.24, 2.45) is 16.7 Å². The molecule has 0 aromatic rings. The molecule has 2 nitrogen and oxygen atoms in total. The molecule has 0 radical (unpaired) electrons. The number of Topliss-reactive ketones (excluding diaryl/α,β-unsaturated/α-hetero) is 1. The highest BCUT2D eigenvalue weighted by atomic mass is 16.1. The SMILES string of the molecule is CN(CC1CCC(C)(C)C1=O)C1CCC(C)(C)CC1. The molecule has 1 unspecified atom stereocenters. The minimum atomic E-state index is -0.0694. The Labute approximate surface area is 118 Å². The average molecular weight is 265 g/mol. The Kier molecular flexibility index (Phi) is 4.11. The van der Waals surface area contributed by atoms with Crippen LogP contribution in [0.4, 0.5) is 0 Å². The van der Waals surface area contributed by atoms with Crippen LogP contribution in [0, 0.1) is 16.7 Å². The first kappa shape index (κ1) is 15.0. The lowest BCUT2D eigenvalue weighted by atomic mass is 9.75. The van der Waals surface area contributed by atoms with Gasteiger partial charge in [0, 0.05) is 23.9 Å². The van der Waals surface area contributed by atoms with Gasteiger partial charge < -0.3 is 4.90 Å². The zero-order valence-electron chi connectivity index (χ0n) is 13.5. The van der Waals surface area contributed by atoms with Crippen molar-refractivity contribution in [2.45, 2.75) is 72.3 Å². The normalized spacial score (nSPS) is 31.1. The van der Waals surface area contributed by atoms with Gasteiger partial charge in [0.2, 0.25) is 0 Å². The molecule has 19 heavy (non-hydrogen) atoms. The first-order valence-electron chi connectivity index (χ1n) is 7.96. The van der Waals surface area contributed by atoms with Crippen LogP contribution in [0.25, 0.3) is 0 Å². The van der Waals surface area contributed by atoms with E-state index in [0.717, 1.165) is 19.4 Å². The molecule has 2 rings (SSSR count). The minimum Gasteiger partial charge on any atom is -0.303 e. The summed E-state index contributed by atoms with van der Waals surface area (Å²) in [5.41, 5.74) is 0.461. The van der Waals surface area contributed by atoms with Crippen LogP contribution in [-0.2, 0) is 4.79 Å². The number of nitrogens with zero attached hydrogens (tertiary/aromatic N) is 1. The van der Waals surface area contributed by atoms with E-state index >= 15 is 0 Å². The van der Waals surface area contributed by atoms with E-state index in [1.165, 1.54) is 25.7 Å². The van der Waals surface area contributed by atoms with Crippen LogP contribution in [-0.4, -0.2) is 30.3 Å². The number of ketones is 1. The van der Waals surface area contributed by atoms with Gasteiger partial charge in [-0.15, -0.1) is 0 Å². The molecule has 0 aromatic heterocycles. The van der Waals surface area contributed by atoms with Crippen molar-refractivity contribution in [2.75, 3.05) is 13.6 Å². The van der Waals surface area contributed by atoms with E-state index in [0.29, 0.717) is 17.2 Å². The molecule has 0 amide bonds. The number of rotatable bonds is 3. The van der Waals surface area contributed by atoms with Gasteiger partial charge in [-0.05, 0) is 51.0 Å². The summed E-state index contributed by atoms with van der Waals surface area (Å²) in [7, 11) is 2.22. The van der Waals surface area contributed by atoms with Crippen molar-refractivity contribution in [3.8, 4) is 0 Å². The van der Waals surface area contributed by atoms with Crippen molar-refractivity contribution >= 4 is 5.78 Å².